The average Bonchev–Trinajstić information content (AvgIpc) is 2.27. The Morgan fingerprint density at radius 1 is 1.28 bits per heavy atom. The van der Waals surface area contributed by atoms with E-state index in [1.807, 2.05) is 20.8 Å². The van der Waals surface area contributed by atoms with Gasteiger partial charge in [-0.25, -0.2) is 8.42 Å². The number of hydrogen-bond donors (Lipinski definition) is 1. The highest BCUT2D eigenvalue weighted by molar-refractivity contribution is 8.13. The van der Waals surface area contributed by atoms with E-state index in [9.17, 15) is 13.2 Å². The van der Waals surface area contributed by atoms with Crippen molar-refractivity contribution < 1.29 is 13.2 Å². The molecule has 0 spiro atoms. The zero-order chi connectivity index (χ0) is 14.0. The first kappa shape index (κ1) is 15.0. The van der Waals surface area contributed by atoms with Crippen LogP contribution in [0.4, 0.5) is 0 Å². The molecule has 0 heterocycles. The highest BCUT2D eigenvalue weighted by Crippen LogP contribution is 2.16. The number of carbonyl (C=O) groups excluding carboxylic acids is 1. The van der Waals surface area contributed by atoms with Crippen molar-refractivity contribution in [2.24, 2.45) is 0 Å². The normalized spacial score (nSPS) is 12.2. The van der Waals surface area contributed by atoms with Gasteiger partial charge in [-0.15, -0.1) is 0 Å². The SMILES string of the molecule is CCC(C)(C)NC(=O)c1ccc(S(=O)(=O)Cl)cc1. The molecular weight excluding hydrogens is 274 g/mol. The van der Waals surface area contributed by atoms with Crippen LogP contribution < -0.4 is 5.32 Å². The molecule has 1 amide bonds. The van der Waals surface area contributed by atoms with E-state index < -0.39 is 9.05 Å². The molecule has 0 aliphatic rings. The van der Waals surface area contributed by atoms with Crippen LogP contribution in [0.2, 0.25) is 0 Å². The van der Waals surface area contributed by atoms with E-state index in [4.69, 9.17) is 10.7 Å². The van der Waals surface area contributed by atoms with Gasteiger partial charge in [0.1, 0.15) is 0 Å². The van der Waals surface area contributed by atoms with Gasteiger partial charge in [0, 0.05) is 21.8 Å². The summed E-state index contributed by atoms with van der Waals surface area (Å²) in [5, 5.41) is 2.86. The molecule has 4 nitrogen and oxygen atoms in total. The second-order valence-corrected chi connectivity index (χ2v) is 7.22. The number of nitrogens with one attached hydrogen (secondary N) is 1. The van der Waals surface area contributed by atoms with Crippen molar-refractivity contribution in [3.8, 4) is 0 Å². The van der Waals surface area contributed by atoms with Crippen LogP contribution in [0.3, 0.4) is 0 Å². The molecule has 0 atom stereocenters. The first-order valence-corrected chi connectivity index (χ1v) is 7.84. The molecule has 0 aliphatic carbocycles. The number of rotatable bonds is 4. The van der Waals surface area contributed by atoms with Crippen LogP contribution >= 0.6 is 10.7 Å². The first-order chi connectivity index (χ1) is 8.15. The first-order valence-electron chi connectivity index (χ1n) is 5.53. The zero-order valence-corrected chi connectivity index (χ0v) is 12.1. The lowest BCUT2D eigenvalue weighted by Gasteiger charge is -2.24. The molecule has 1 aromatic rings. The van der Waals surface area contributed by atoms with Crippen molar-refractivity contribution in [2.75, 3.05) is 0 Å². The summed E-state index contributed by atoms with van der Waals surface area (Å²) >= 11 is 0. The molecule has 100 valence electrons. The maximum Gasteiger partial charge on any atom is 0.261 e. The number of benzene rings is 1. The van der Waals surface area contributed by atoms with Gasteiger partial charge in [0.15, 0.2) is 0 Å². The summed E-state index contributed by atoms with van der Waals surface area (Å²) in [4.78, 5) is 11.9. The topological polar surface area (TPSA) is 63.2 Å². The molecule has 0 aromatic heterocycles. The maximum atomic E-state index is 11.9. The van der Waals surface area contributed by atoms with Gasteiger partial charge in [-0.2, -0.15) is 0 Å². The predicted octanol–water partition coefficient (Wildman–Crippen LogP) is 2.53. The van der Waals surface area contributed by atoms with Crippen molar-refractivity contribution >= 4 is 25.6 Å². The summed E-state index contributed by atoms with van der Waals surface area (Å²) in [6.07, 6.45) is 0.798. The summed E-state index contributed by atoms with van der Waals surface area (Å²) in [6, 6.07) is 5.51. The van der Waals surface area contributed by atoms with Gasteiger partial charge in [0.25, 0.3) is 15.0 Å². The van der Waals surface area contributed by atoms with Crippen LogP contribution in [-0.2, 0) is 9.05 Å². The van der Waals surface area contributed by atoms with E-state index in [0.29, 0.717) is 5.56 Å². The Hall–Kier alpha value is -1.07. The highest BCUT2D eigenvalue weighted by Gasteiger charge is 2.19. The summed E-state index contributed by atoms with van der Waals surface area (Å²) in [5.41, 5.74) is 0.106. The Labute approximate surface area is 112 Å². The van der Waals surface area contributed by atoms with E-state index in [1.54, 1.807) is 0 Å². The maximum absolute atomic E-state index is 11.9. The van der Waals surface area contributed by atoms with Crippen molar-refractivity contribution in [1.29, 1.82) is 0 Å². The molecule has 0 radical (unpaired) electrons. The van der Waals surface area contributed by atoms with E-state index in [1.165, 1.54) is 24.3 Å². The van der Waals surface area contributed by atoms with Gasteiger partial charge in [0.2, 0.25) is 0 Å². The second kappa shape index (κ2) is 5.28. The fraction of sp³-hybridized carbons (Fsp3) is 0.417. The summed E-state index contributed by atoms with van der Waals surface area (Å²) < 4.78 is 22.1. The second-order valence-electron chi connectivity index (χ2n) is 4.65. The minimum absolute atomic E-state index is 0.0181. The standard InChI is InChI=1S/C12H16ClNO3S/c1-4-12(2,3)14-11(15)9-5-7-10(8-6-9)18(13,16)17/h5-8H,4H2,1-3H3,(H,14,15). The predicted molar refractivity (Wildman–Crippen MR) is 71.3 cm³/mol. The third-order valence-electron chi connectivity index (χ3n) is 2.73. The molecule has 0 bridgehead atoms. The molecular formula is C12H16ClNO3S. The van der Waals surface area contributed by atoms with Crippen molar-refractivity contribution in [3.63, 3.8) is 0 Å². The van der Waals surface area contributed by atoms with Gasteiger partial charge in [-0.3, -0.25) is 4.79 Å². The lowest BCUT2D eigenvalue weighted by molar-refractivity contribution is 0.0911. The van der Waals surface area contributed by atoms with Crippen LogP contribution in [0.15, 0.2) is 29.2 Å². The molecule has 6 heteroatoms. The molecule has 18 heavy (non-hydrogen) atoms. The summed E-state index contributed by atoms with van der Waals surface area (Å²) in [6.45, 7) is 5.81. The fourth-order valence-electron chi connectivity index (χ4n) is 1.24. The average molecular weight is 290 g/mol. The van der Waals surface area contributed by atoms with Crippen LogP contribution in [0.25, 0.3) is 0 Å². The van der Waals surface area contributed by atoms with Crippen molar-refractivity contribution in [1.82, 2.24) is 5.32 Å². The minimum atomic E-state index is -3.74. The minimum Gasteiger partial charge on any atom is -0.347 e. The Balaban J connectivity index is 2.90. The highest BCUT2D eigenvalue weighted by atomic mass is 35.7. The molecule has 0 saturated heterocycles. The third-order valence-corrected chi connectivity index (χ3v) is 4.10. The quantitative estimate of drug-likeness (QED) is 0.866. The van der Waals surface area contributed by atoms with Gasteiger partial charge in [-0.05, 0) is 44.5 Å². The van der Waals surface area contributed by atoms with Crippen LogP contribution in [0.1, 0.15) is 37.6 Å². The van der Waals surface area contributed by atoms with Crippen molar-refractivity contribution in [3.05, 3.63) is 29.8 Å². The van der Waals surface area contributed by atoms with Gasteiger partial charge < -0.3 is 5.32 Å². The van der Waals surface area contributed by atoms with E-state index in [0.717, 1.165) is 6.42 Å². The number of amides is 1. The number of hydrogen-bond acceptors (Lipinski definition) is 3. The molecule has 1 rings (SSSR count). The Bertz CT molecular complexity index is 535. The lowest BCUT2D eigenvalue weighted by atomic mass is 10.0. The van der Waals surface area contributed by atoms with E-state index >= 15 is 0 Å². The van der Waals surface area contributed by atoms with Gasteiger partial charge in [0.05, 0.1) is 4.90 Å². The monoisotopic (exact) mass is 289 g/mol. The smallest absolute Gasteiger partial charge is 0.261 e. The van der Waals surface area contributed by atoms with E-state index in [-0.39, 0.29) is 16.3 Å². The zero-order valence-electron chi connectivity index (χ0n) is 10.5. The number of carbonyl (C=O) groups is 1. The van der Waals surface area contributed by atoms with Gasteiger partial charge in [-0.1, -0.05) is 6.92 Å². The molecule has 0 saturated carbocycles. The molecule has 0 fully saturated rings. The Kier molecular flexibility index (Phi) is 4.40. The Morgan fingerprint density at radius 2 is 1.78 bits per heavy atom. The van der Waals surface area contributed by atoms with Crippen LogP contribution in [-0.4, -0.2) is 19.9 Å². The Morgan fingerprint density at radius 3 is 2.17 bits per heavy atom. The van der Waals surface area contributed by atoms with E-state index in [2.05, 4.69) is 5.32 Å². The fourth-order valence-corrected chi connectivity index (χ4v) is 2.01. The number of halogens is 1. The van der Waals surface area contributed by atoms with Crippen LogP contribution in [0.5, 0.6) is 0 Å². The summed E-state index contributed by atoms with van der Waals surface area (Å²) in [7, 11) is 1.45. The molecule has 0 aliphatic heterocycles. The van der Waals surface area contributed by atoms with Crippen molar-refractivity contribution in [2.45, 2.75) is 37.6 Å². The third kappa shape index (κ3) is 3.99. The molecule has 1 aromatic carbocycles. The molecule has 0 unspecified atom stereocenters. The van der Waals surface area contributed by atoms with Crippen LogP contribution in [0, 0.1) is 0 Å². The summed E-state index contributed by atoms with van der Waals surface area (Å²) in [5.74, 6) is -0.236. The van der Waals surface area contributed by atoms with Gasteiger partial charge >= 0.3 is 0 Å². The lowest BCUT2D eigenvalue weighted by Crippen LogP contribution is -2.42. The largest absolute Gasteiger partial charge is 0.347 e. The molecule has 1 N–H and O–H groups in total.